The van der Waals surface area contributed by atoms with Crippen molar-refractivity contribution in [1.82, 2.24) is 4.72 Å². The van der Waals surface area contributed by atoms with Gasteiger partial charge < -0.3 is 9.90 Å². The van der Waals surface area contributed by atoms with E-state index in [0.717, 1.165) is 18.2 Å². The molecular weight excluding hydrogens is 343 g/mol. The molecule has 0 aromatic heterocycles. The smallest absolute Gasteiger partial charge is 0.416 e. The molecule has 0 fully saturated rings. The van der Waals surface area contributed by atoms with Crippen LogP contribution < -0.4 is 9.83 Å². The first-order valence-electron chi connectivity index (χ1n) is 5.97. The van der Waals surface area contributed by atoms with Gasteiger partial charge in [0.05, 0.1) is 22.5 Å². The van der Waals surface area contributed by atoms with Crippen molar-refractivity contribution in [3.63, 3.8) is 0 Å². The van der Waals surface area contributed by atoms with Crippen LogP contribution in [0.25, 0.3) is 0 Å². The Bertz CT molecular complexity index is 632. The number of alkyl halides is 3. The van der Waals surface area contributed by atoms with Gasteiger partial charge in [-0.2, -0.15) is 24.9 Å². The van der Waals surface area contributed by atoms with Gasteiger partial charge in [-0.1, -0.05) is 6.07 Å². The van der Waals surface area contributed by atoms with E-state index in [-0.39, 0.29) is 6.42 Å². The van der Waals surface area contributed by atoms with Crippen LogP contribution in [0.1, 0.15) is 12.0 Å². The molecule has 1 rings (SSSR count). The molecule has 0 saturated carbocycles. The van der Waals surface area contributed by atoms with Gasteiger partial charge in [0, 0.05) is 0 Å². The van der Waals surface area contributed by atoms with Crippen LogP contribution >= 0.6 is 11.8 Å². The molecule has 0 spiro atoms. The van der Waals surface area contributed by atoms with Crippen molar-refractivity contribution in [2.75, 3.05) is 12.0 Å². The molecule has 1 aromatic rings. The van der Waals surface area contributed by atoms with Crippen LogP contribution in [0.4, 0.5) is 13.2 Å². The minimum atomic E-state index is -4.70. The molecule has 1 aromatic carbocycles. The molecule has 0 bridgehead atoms. The highest BCUT2D eigenvalue weighted by Gasteiger charge is 2.32. The lowest BCUT2D eigenvalue weighted by atomic mass is 10.2. The number of carboxylic acid groups (broad SMARTS) is 1. The molecule has 0 saturated heterocycles. The third kappa shape index (κ3) is 5.18. The molecule has 0 aliphatic heterocycles. The SMILES string of the molecule is CSCC[C@@H](NS(=O)(=O)c1cccc(C(F)(F)F)c1)C(=O)[O-]. The fourth-order valence-electron chi connectivity index (χ4n) is 1.56. The highest BCUT2D eigenvalue weighted by molar-refractivity contribution is 7.98. The van der Waals surface area contributed by atoms with Crippen LogP contribution in [0.3, 0.4) is 0 Å². The second-order valence-corrected chi connectivity index (χ2v) is 7.00. The van der Waals surface area contributed by atoms with Gasteiger partial charge in [-0.15, -0.1) is 0 Å². The maximum Gasteiger partial charge on any atom is 0.416 e. The third-order valence-corrected chi connectivity index (χ3v) is 4.78. The summed E-state index contributed by atoms with van der Waals surface area (Å²) in [6.45, 7) is 0. The predicted molar refractivity (Wildman–Crippen MR) is 73.6 cm³/mol. The zero-order valence-corrected chi connectivity index (χ0v) is 13.0. The Kier molecular flexibility index (Phi) is 6.27. The quantitative estimate of drug-likeness (QED) is 0.783. The van der Waals surface area contributed by atoms with Crippen LogP contribution in [-0.4, -0.2) is 32.4 Å². The molecular formula is C12H13F3NO4S2-. The number of halogens is 3. The number of nitrogens with one attached hydrogen (secondary N) is 1. The van der Waals surface area contributed by atoms with E-state index < -0.39 is 38.7 Å². The van der Waals surface area contributed by atoms with Gasteiger partial charge in [-0.25, -0.2) is 13.1 Å². The molecule has 0 radical (unpaired) electrons. The van der Waals surface area contributed by atoms with Gasteiger partial charge in [0.25, 0.3) is 0 Å². The fraction of sp³-hybridized carbons (Fsp3) is 0.417. The maximum atomic E-state index is 12.6. The lowest BCUT2D eigenvalue weighted by molar-refractivity contribution is -0.308. The number of carbonyl (C=O) groups is 1. The van der Waals surface area contributed by atoms with Gasteiger partial charge in [0.2, 0.25) is 10.0 Å². The summed E-state index contributed by atoms with van der Waals surface area (Å²) in [4.78, 5) is 10.3. The average molecular weight is 356 g/mol. The topological polar surface area (TPSA) is 86.3 Å². The van der Waals surface area contributed by atoms with Crippen molar-refractivity contribution in [1.29, 1.82) is 0 Å². The highest BCUT2D eigenvalue weighted by Crippen LogP contribution is 2.30. The molecule has 0 unspecified atom stereocenters. The molecule has 1 atom stereocenters. The molecule has 0 heterocycles. The Hall–Kier alpha value is -1.26. The van der Waals surface area contributed by atoms with Gasteiger partial charge >= 0.3 is 6.18 Å². The van der Waals surface area contributed by atoms with E-state index >= 15 is 0 Å². The lowest BCUT2D eigenvalue weighted by Crippen LogP contribution is -2.48. The normalized spacial score (nSPS) is 13.8. The van der Waals surface area contributed by atoms with E-state index in [4.69, 9.17) is 0 Å². The predicted octanol–water partition coefficient (Wildman–Crippen LogP) is 0.855. The Morgan fingerprint density at radius 1 is 1.41 bits per heavy atom. The van der Waals surface area contributed by atoms with Crippen molar-refractivity contribution >= 4 is 27.8 Å². The van der Waals surface area contributed by atoms with Crippen molar-refractivity contribution in [2.24, 2.45) is 0 Å². The molecule has 0 aliphatic carbocycles. The summed E-state index contributed by atoms with van der Waals surface area (Å²) in [5.74, 6) is -1.28. The average Bonchev–Trinajstić information content (AvgIpc) is 2.42. The largest absolute Gasteiger partial charge is 0.548 e. The van der Waals surface area contributed by atoms with Gasteiger partial charge in [-0.3, -0.25) is 0 Å². The number of hydrogen-bond donors (Lipinski definition) is 1. The van der Waals surface area contributed by atoms with Gasteiger partial charge in [0.1, 0.15) is 0 Å². The van der Waals surface area contributed by atoms with E-state index in [2.05, 4.69) is 0 Å². The van der Waals surface area contributed by atoms with E-state index in [9.17, 15) is 31.5 Å². The Balaban J connectivity index is 3.05. The fourth-order valence-corrected chi connectivity index (χ4v) is 3.29. The summed E-state index contributed by atoms with van der Waals surface area (Å²) in [5, 5.41) is 10.9. The monoisotopic (exact) mass is 356 g/mol. The van der Waals surface area contributed by atoms with Crippen molar-refractivity contribution < 1.29 is 31.5 Å². The van der Waals surface area contributed by atoms with E-state index in [0.29, 0.717) is 11.8 Å². The summed E-state index contributed by atoms with van der Waals surface area (Å²) in [6, 6.07) is 1.56. The Labute approximate surface area is 130 Å². The second-order valence-electron chi connectivity index (χ2n) is 4.30. The van der Waals surface area contributed by atoms with Crippen molar-refractivity contribution in [3.05, 3.63) is 29.8 Å². The third-order valence-electron chi connectivity index (χ3n) is 2.66. The van der Waals surface area contributed by atoms with E-state index in [1.54, 1.807) is 6.26 Å². The number of hydrogen-bond acceptors (Lipinski definition) is 5. The molecule has 5 nitrogen and oxygen atoms in total. The van der Waals surface area contributed by atoms with Crippen molar-refractivity contribution in [3.8, 4) is 0 Å². The van der Waals surface area contributed by atoms with E-state index in [1.807, 2.05) is 4.72 Å². The number of thioether (sulfide) groups is 1. The standard InChI is InChI=1S/C12H14F3NO4S2/c1-21-6-5-10(11(17)18)16-22(19,20)9-4-2-3-8(7-9)12(13,14)15/h2-4,7,10,16H,5-6H2,1H3,(H,17,18)/p-1/t10-/m1/s1. The Morgan fingerprint density at radius 3 is 2.55 bits per heavy atom. The molecule has 10 heteroatoms. The van der Waals surface area contributed by atoms with Crippen LogP contribution in [0.2, 0.25) is 0 Å². The van der Waals surface area contributed by atoms with Gasteiger partial charge in [-0.05, 0) is 36.6 Å². The van der Waals surface area contributed by atoms with Gasteiger partial charge in [0.15, 0.2) is 0 Å². The zero-order valence-electron chi connectivity index (χ0n) is 11.4. The summed E-state index contributed by atoms with van der Waals surface area (Å²) in [7, 11) is -4.40. The van der Waals surface area contributed by atoms with Crippen LogP contribution in [-0.2, 0) is 21.0 Å². The summed E-state index contributed by atoms with van der Waals surface area (Å²) in [6.07, 6.45) is -3.03. The molecule has 124 valence electrons. The highest BCUT2D eigenvalue weighted by atomic mass is 32.2. The van der Waals surface area contributed by atoms with Crippen LogP contribution in [0.5, 0.6) is 0 Å². The summed E-state index contributed by atoms with van der Waals surface area (Å²) in [5.41, 5.74) is -1.13. The maximum absolute atomic E-state index is 12.6. The molecule has 0 aliphatic rings. The second kappa shape index (κ2) is 7.34. The first kappa shape index (κ1) is 18.8. The summed E-state index contributed by atoms with van der Waals surface area (Å²) >= 11 is 1.30. The van der Waals surface area contributed by atoms with Crippen LogP contribution in [0.15, 0.2) is 29.2 Å². The number of benzene rings is 1. The minimum absolute atomic E-state index is 0.0400. The summed E-state index contributed by atoms with van der Waals surface area (Å²) < 4.78 is 63.7. The first-order valence-corrected chi connectivity index (χ1v) is 8.85. The van der Waals surface area contributed by atoms with Crippen molar-refractivity contribution in [2.45, 2.75) is 23.5 Å². The number of rotatable bonds is 7. The minimum Gasteiger partial charge on any atom is -0.548 e. The molecule has 0 amide bonds. The van der Waals surface area contributed by atoms with E-state index in [1.165, 1.54) is 11.8 Å². The number of carboxylic acids is 1. The Morgan fingerprint density at radius 2 is 2.05 bits per heavy atom. The molecule has 1 N–H and O–H groups in total. The first-order chi connectivity index (χ1) is 10.1. The lowest BCUT2D eigenvalue weighted by Gasteiger charge is -2.19. The number of sulfonamides is 1. The number of aliphatic carboxylic acids is 1. The molecule has 22 heavy (non-hydrogen) atoms. The van der Waals surface area contributed by atoms with Crippen LogP contribution in [0, 0.1) is 0 Å². The number of carbonyl (C=O) groups excluding carboxylic acids is 1. The zero-order chi connectivity index (χ0) is 17.0.